The van der Waals surface area contributed by atoms with E-state index in [-0.39, 0.29) is 39.6 Å². The number of fused-ring (bicyclic) bond motifs is 1. The first-order valence-corrected chi connectivity index (χ1v) is 11.2. The third-order valence-corrected chi connectivity index (χ3v) is 6.74. The molecule has 3 aromatic carbocycles. The van der Waals surface area contributed by atoms with Gasteiger partial charge < -0.3 is 4.74 Å². The van der Waals surface area contributed by atoms with Gasteiger partial charge in [0.05, 0.1) is 17.0 Å². The predicted molar refractivity (Wildman–Crippen MR) is 120 cm³/mol. The zero-order valence-electron chi connectivity index (χ0n) is 17.0. The van der Waals surface area contributed by atoms with Crippen LogP contribution in [-0.2, 0) is 14.8 Å². The Hall–Kier alpha value is -3.97. The molecule has 0 fully saturated rings. The van der Waals surface area contributed by atoms with Crippen LogP contribution in [0.25, 0.3) is 5.76 Å². The molecule has 32 heavy (non-hydrogen) atoms. The van der Waals surface area contributed by atoms with Gasteiger partial charge in [0.2, 0.25) is 5.78 Å². The van der Waals surface area contributed by atoms with Gasteiger partial charge in [-0.3, -0.25) is 9.10 Å². The summed E-state index contributed by atoms with van der Waals surface area (Å²) in [7, 11) is -4.09. The van der Waals surface area contributed by atoms with Gasteiger partial charge in [-0.15, -0.1) is 6.58 Å². The Bertz CT molecular complexity index is 1330. The summed E-state index contributed by atoms with van der Waals surface area (Å²) in [5, 5.41) is 0. The molecule has 0 saturated heterocycles. The van der Waals surface area contributed by atoms with Crippen LogP contribution in [0.2, 0.25) is 0 Å². The van der Waals surface area contributed by atoms with E-state index in [0.29, 0.717) is 0 Å². The summed E-state index contributed by atoms with van der Waals surface area (Å²) in [5.74, 6) is -1.40. The molecule has 0 bridgehead atoms. The first-order valence-electron chi connectivity index (χ1n) is 9.79. The normalized spacial score (nSPS) is 14.4. The van der Waals surface area contributed by atoms with Crippen molar-refractivity contribution in [1.82, 2.24) is 4.31 Å². The van der Waals surface area contributed by atoms with Crippen molar-refractivity contribution in [2.75, 3.05) is 6.54 Å². The first-order chi connectivity index (χ1) is 15.4. The maximum atomic E-state index is 13.5. The highest BCUT2D eigenvalue weighted by Gasteiger charge is 2.41. The van der Waals surface area contributed by atoms with Crippen LogP contribution in [-0.4, -0.2) is 31.0 Å². The molecule has 0 atom stereocenters. The second-order valence-electron chi connectivity index (χ2n) is 6.95. The Kier molecular flexibility index (Phi) is 5.75. The lowest BCUT2D eigenvalue weighted by molar-refractivity contribution is 0.0686. The highest BCUT2D eigenvalue weighted by atomic mass is 32.2. The van der Waals surface area contributed by atoms with Crippen molar-refractivity contribution in [3.8, 4) is 0 Å². The number of benzene rings is 3. The second-order valence-corrected chi connectivity index (χ2v) is 8.78. The molecule has 1 heterocycles. The van der Waals surface area contributed by atoms with Crippen LogP contribution in [0.5, 0.6) is 0 Å². The fourth-order valence-corrected chi connectivity index (χ4v) is 5.07. The quantitative estimate of drug-likeness (QED) is 0.321. The topological polar surface area (TPSA) is 80.8 Å². The van der Waals surface area contributed by atoms with Crippen molar-refractivity contribution >= 4 is 27.5 Å². The molecule has 0 saturated carbocycles. The summed E-state index contributed by atoms with van der Waals surface area (Å²) in [6.07, 6.45) is 1.38. The standard InChI is InChI=1S/C25H19NO5S/c1-2-17-26-22(23(27)18-11-5-3-6-12-18)24(31-25(28)19-13-7-4-8-14-19)20-15-9-10-16-21(20)32(26,29)30/h2-16H,1,17H2. The van der Waals surface area contributed by atoms with Crippen molar-refractivity contribution in [2.24, 2.45) is 0 Å². The molecule has 3 aromatic rings. The molecule has 6 nitrogen and oxygen atoms in total. The highest BCUT2D eigenvalue weighted by Crippen LogP contribution is 2.39. The zero-order chi connectivity index (χ0) is 22.7. The molecule has 0 radical (unpaired) electrons. The van der Waals surface area contributed by atoms with Gasteiger partial charge in [-0.2, -0.15) is 0 Å². The average molecular weight is 445 g/mol. The van der Waals surface area contributed by atoms with E-state index in [0.717, 1.165) is 4.31 Å². The Morgan fingerprint density at radius 3 is 2.03 bits per heavy atom. The van der Waals surface area contributed by atoms with E-state index in [1.807, 2.05) is 0 Å². The summed E-state index contributed by atoms with van der Waals surface area (Å²) in [5.41, 5.74) is 0.447. The van der Waals surface area contributed by atoms with Gasteiger partial charge in [0, 0.05) is 11.1 Å². The van der Waals surface area contributed by atoms with Gasteiger partial charge in [-0.1, -0.05) is 66.7 Å². The number of hydrogen-bond acceptors (Lipinski definition) is 5. The van der Waals surface area contributed by atoms with E-state index in [4.69, 9.17) is 4.74 Å². The molecule has 1 aliphatic rings. The fourth-order valence-electron chi connectivity index (χ4n) is 3.44. The lowest BCUT2D eigenvalue weighted by Gasteiger charge is -2.32. The van der Waals surface area contributed by atoms with Crippen molar-refractivity contribution in [3.05, 3.63) is 120 Å². The Morgan fingerprint density at radius 2 is 1.41 bits per heavy atom. The number of allylic oxidation sites excluding steroid dienone is 1. The fraction of sp³-hybridized carbons (Fsp3) is 0.0400. The minimum atomic E-state index is -4.09. The van der Waals surface area contributed by atoms with Crippen LogP contribution in [0.4, 0.5) is 0 Å². The van der Waals surface area contributed by atoms with Gasteiger partial charge in [0.15, 0.2) is 5.76 Å². The monoisotopic (exact) mass is 445 g/mol. The molecule has 0 amide bonds. The number of carbonyl (C=O) groups is 2. The number of rotatable bonds is 6. The van der Waals surface area contributed by atoms with Gasteiger partial charge in [0.1, 0.15) is 5.70 Å². The molecule has 160 valence electrons. The van der Waals surface area contributed by atoms with Crippen molar-refractivity contribution in [1.29, 1.82) is 0 Å². The number of hydrogen-bond donors (Lipinski definition) is 0. The van der Waals surface area contributed by atoms with Crippen LogP contribution in [0.1, 0.15) is 26.3 Å². The number of sulfonamides is 1. The molecular weight excluding hydrogens is 426 g/mol. The molecule has 4 rings (SSSR count). The lowest BCUT2D eigenvalue weighted by Crippen LogP contribution is -2.38. The summed E-state index contributed by atoms with van der Waals surface area (Å²) < 4.78 is 33.4. The molecule has 0 spiro atoms. The summed E-state index contributed by atoms with van der Waals surface area (Å²) >= 11 is 0. The Morgan fingerprint density at radius 1 is 0.844 bits per heavy atom. The molecule has 0 N–H and O–H groups in total. The number of nitrogens with zero attached hydrogens (tertiary/aromatic N) is 1. The lowest BCUT2D eigenvalue weighted by atomic mass is 10.0. The Labute approximate surface area is 186 Å². The van der Waals surface area contributed by atoms with E-state index in [2.05, 4.69) is 6.58 Å². The molecule has 7 heteroatoms. The van der Waals surface area contributed by atoms with Gasteiger partial charge >= 0.3 is 5.97 Å². The summed E-state index contributed by atoms with van der Waals surface area (Å²) in [6, 6.07) is 22.7. The van der Waals surface area contributed by atoms with Crippen LogP contribution in [0, 0.1) is 0 Å². The van der Waals surface area contributed by atoms with E-state index in [1.165, 1.54) is 18.2 Å². The minimum Gasteiger partial charge on any atom is -0.420 e. The van der Waals surface area contributed by atoms with E-state index < -0.39 is 21.8 Å². The number of Topliss-reactive ketones (excluding diaryl/α,β-unsaturated/α-hetero) is 1. The van der Waals surface area contributed by atoms with E-state index in [1.54, 1.807) is 72.8 Å². The van der Waals surface area contributed by atoms with Crippen molar-refractivity contribution < 1.29 is 22.7 Å². The maximum Gasteiger partial charge on any atom is 0.343 e. The number of esters is 1. The number of ketones is 1. The highest BCUT2D eigenvalue weighted by molar-refractivity contribution is 7.89. The van der Waals surface area contributed by atoms with Crippen molar-refractivity contribution in [3.63, 3.8) is 0 Å². The van der Waals surface area contributed by atoms with Gasteiger partial charge in [-0.05, 0) is 24.3 Å². The smallest absolute Gasteiger partial charge is 0.343 e. The van der Waals surface area contributed by atoms with Gasteiger partial charge in [0.25, 0.3) is 10.0 Å². The van der Waals surface area contributed by atoms with Crippen molar-refractivity contribution in [2.45, 2.75) is 4.90 Å². The molecule has 0 unspecified atom stereocenters. The number of carbonyl (C=O) groups excluding carboxylic acids is 2. The van der Waals surface area contributed by atoms with Crippen LogP contribution >= 0.6 is 0 Å². The second kappa shape index (κ2) is 8.64. The van der Waals surface area contributed by atoms with Crippen LogP contribution in [0.3, 0.4) is 0 Å². The molecule has 1 aliphatic heterocycles. The SMILES string of the molecule is C=CCN1C(C(=O)c2ccccc2)=C(OC(=O)c2ccccc2)c2ccccc2S1(=O)=O. The summed E-state index contributed by atoms with van der Waals surface area (Å²) in [6.45, 7) is 3.46. The third kappa shape index (κ3) is 3.74. The van der Waals surface area contributed by atoms with Crippen LogP contribution in [0.15, 0.2) is 108 Å². The first kappa shape index (κ1) is 21.3. The van der Waals surface area contributed by atoms with E-state index >= 15 is 0 Å². The maximum absolute atomic E-state index is 13.5. The van der Waals surface area contributed by atoms with Crippen LogP contribution < -0.4 is 0 Å². The molecular formula is C25H19NO5S. The Balaban J connectivity index is 1.97. The predicted octanol–water partition coefficient (Wildman–Crippen LogP) is 4.29. The zero-order valence-corrected chi connectivity index (χ0v) is 17.8. The average Bonchev–Trinajstić information content (AvgIpc) is 2.83. The van der Waals surface area contributed by atoms with Gasteiger partial charge in [-0.25, -0.2) is 13.2 Å². The van der Waals surface area contributed by atoms with E-state index in [9.17, 15) is 18.0 Å². The summed E-state index contributed by atoms with van der Waals surface area (Å²) in [4.78, 5) is 26.4. The number of ether oxygens (including phenoxy) is 1. The third-order valence-electron chi connectivity index (χ3n) is 4.91. The molecule has 0 aromatic heterocycles. The largest absolute Gasteiger partial charge is 0.420 e. The molecule has 0 aliphatic carbocycles. The minimum absolute atomic E-state index is 0.0534.